The van der Waals surface area contributed by atoms with Gasteiger partial charge in [-0.25, -0.2) is 0 Å². The van der Waals surface area contributed by atoms with E-state index in [0.717, 1.165) is 0 Å². The van der Waals surface area contributed by atoms with Gasteiger partial charge in [0.15, 0.2) is 0 Å². The van der Waals surface area contributed by atoms with E-state index in [9.17, 15) is 0 Å². The van der Waals surface area contributed by atoms with Crippen LogP contribution in [0.25, 0.3) is 0 Å². The largest absolute Gasteiger partial charge is 1.00 e. The van der Waals surface area contributed by atoms with Crippen LogP contribution in [0.4, 0.5) is 0 Å². The van der Waals surface area contributed by atoms with Gasteiger partial charge in [-0.1, -0.05) is 33.6 Å². The fraction of sp³-hybridized carbons (Fsp3) is 0.889. The number of hydrogen-bond donors (Lipinski definition) is 0. The summed E-state index contributed by atoms with van der Waals surface area (Å²) < 4.78 is 0. The molecule has 0 radical (unpaired) electrons. The molecule has 0 spiro atoms. The van der Waals surface area contributed by atoms with Crippen LogP contribution in [0.2, 0.25) is 0 Å². The minimum atomic E-state index is 0. The first-order chi connectivity index (χ1) is 4.35. The first-order valence-electron chi connectivity index (χ1n) is 4.18. The number of unbranched alkanes of at least 4 members (excludes halogenated alkanes) is 1. The quantitative estimate of drug-likeness (QED) is 0.397. The second kappa shape index (κ2) is 10.0. The molecule has 0 rings (SSSR count). The maximum Gasteiger partial charge on any atom is 1.00 e. The number of hydrogen-bond acceptors (Lipinski definition) is 0. The standard InChI is InChI=1S/C9H19.Na/c1-4-7-8-9(5-2)6-3;/h4-8H2,1-3H3;/q-1;+1. The normalized spacial score (nSPS) is 9.60. The molecule has 0 aliphatic heterocycles. The van der Waals surface area contributed by atoms with Gasteiger partial charge >= 0.3 is 29.6 Å². The molecular formula is C9H19Na. The van der Waals surface area contributed by atoms with Crippen LogP contribution in [0, 0.1) is 5.92 Å². The van der Waals surface area contributed by atoms with Gasteiger partial charge in [-0.2, -0.15) is 19.3 Å². The summed E-state index contributed by atoms with van der Waals surface area (Å²) in [5.74, 6) is 1.73. The Kier molecular flexibility index (Phi) is 13.6. The Labute approximate surface area is 88.1 Å². The van der Waals surface area contributed by atoms with Crippen molar-refractivity contribution in [2.75, 3.05) is 0 Å². The van der Waals surface area contributed by atoms with Crippen molar-refractivity contribution in [3.63, 3.8) is 0 Å². The monoisotopic (exact) mass is 150 g/mol. The zero-order chi connectivity index (χ0) is 7.11. The van der Waals surface area contributed by atoms with Crippen LogP contribution < -0.4 is 29.6 Å². The van der Waals surface area contributed by atoms with E-state index in [-0.39, 0.29) is 29.6 Å². The van der Waals surface area contributed by atoms with Gasteiger partial charge in [0.2, 0.25) is 0 Å². The molecule has 0 aliphatic rings. The molecule has 0 fully saturated rings. The maximum atomic E-state index is 2.26. The molecule has 0 unspecified atom stereocenters. The Morgan fingerprint density at radius 2 is 1.50 bits per heavy atom. The first kappa shape index (κ1) is 13.6. The van der Waals surface area contributed by atoms with Crippen molar-refractivity contribution < 1.29 is 29.6 Å². The van der Waals surface area contributed by atoms with Gasteiger partial charge in [0.1, 0.15) is 0 Å². The van der Waals surface area contributed by atoms with Gasteiger partial charge in [-0.15, -0.1) is 0 Å². The zero-order valence-corrected chi connectivity index (χ0v) is 10.0. The van der Waals surface area contributed by atoms with Crippen LogP contribution in [-0.2, 0) is 0 Å². The molecule has 1 heteroatoms. The third-order valence-electron chi connectivity index (χ3n) is 1.88. The Hall–Kier alpha value is 1.00. The van der Waals surface area contributed by atoms with Gasteiger partial charge in [0.25, 0.3) is 0 Å². The minimum absolute atomic E-state index is 0. The molecule has 0 aromatic heterocycles. The van der Waals surface area contributed by atoms with E-state index in [1.807, 2.05) is 0 Å². The van der Waals surface area contributed by atoms with Crippen molar-refractivity contribution in [3.8, 4) is 0 Å². The minimum Gasteiger partial charge on any atom is -0.314 e. The van der Waals surface area contributed by atoms with Crippen molar-refractivity contribution in [2.24, 2.45) is 0 Å². The zero-order valence-electron chi connectivity index (χ0n) is 8.04. The third-order valence-corrected chi connectivity index (χ3v) is 1.88. The van der Waals surface area contributed by atoms with Crippen LogP contribution in [0.15, 0.2) is 0 Å². The summed E-state index contributed by atoms with van der Waals surface area (Å²) in [5.41, 5.74) is 0. The van der Waals surface area contributed by atoms with Crippen molar-refractivity contribution in [1.29, 1.82) is 0 Å². The fourth-order valence-electron chi connectivity index (χ4n) is 1.03. The summed E-state index contributed by atoms with van der Waals surface area (Å²) in [6, 6.07) is 0. The first-order valence-corrected chi connectivity index (χ1v) is 4.18. The molecule has 0 saturated heterocycles. The fourth-order valence-corrected chi connectivity index (χ4v) is 1.03. The topological polar surface area (TPSA) is 0 Å². The predicted molar refractivity (Wildman–Crippen MR) is 43.4 cm³/mol. The van der Waals surface area contributed by atoms with E-state index in [1.54, 1.807) is 5.92 Å². The van der Waals surface area contributed by atoms with Crippen molar-refractivity contribution in [1.82, 2.24) is 0 Å². The van der Waals surface area contributed by atoms with Crippen LogP contribution in [0.5, 0.6) is 0 Å². The van der Waals surface area contributed by atoms with Crippen molar-refractivity contribution in [3.05, 3.63) is 5.92 Å². The van der Waals surface area contributed by atoms with Gasteiger partial charge in [0, 0.05) is 0 Å². The van der Waals surface area contributed by atoms with Gasteiger partial charge in [-0.05, 0) is 0 Å². The smallest absolute Gasteiger partial charge is 0.314 e. The molecule has 0 N–H and O–H groups in total. The van der Waals surface area contributed by atoms with E-state index in [1.165, 1.54) is 32.1 Å². The molecule has 0 aliphatic carbocycles. The van der Waals surface area contributed by atoms with Crippen molar-refractivity contribution >= 4 is 0 Å². The van der Waals surface area contributed by atoms with E-state index in [0.29, 0.717) is 0 Å². The van der Waals surface area contributed by atoms with Gasteiger partial charge in [-0.3, -0.25) is 0 Å². The molecule has 0 saturated carbocycles. The second-order valence-corrected chi connectivity index (χ2v) is 2.56. The van der Waals surface area contributed by atoms with E-state index in [4.69, 9.17) is 0 Å². The Bertz CT molecular complexity index is 48.7. The van der Waals surface area contributed by atoms with E-state index >= 15 is 0 Å². The maximum absolute atomic E-state index is 2.26. The molecule has 0 aromatic carbocycles. The van der Waals surface area contributed by atoms with E-state index in [2.05, 4.69) is 20.8 Å². The Morgan fingerprint density at radius 1 is 1.00 bits per heavy atom. The second-order valence-electron chi connectivity index (χ2n) is 2.56. The van der Waals surface area contributed by atoms with Gasteiger partial charge < -0.3 is 5.92 Å². The summed E-state index contributed by atoms with van der Waals surface area (Å²) in [6.45, 7) is 6.77. The van der Waals surface area contributed by atoms with Crippen molar-refractivity contribution in [2.45, 2.75) is 52.9 Å². The van der Waals surface area contributed by atoms with Crippen LogP contribution >= 0.6 is 0 Å². The van der Waals surface area contributed by atoms with Crippen LogP contribution in [0.3, 0.4) is 0 Å². The summed E-state index contributed by atoms with van der Waals surface area (Å²) >= 11 is 0. The predicted octanol–water partition coefficient (Wildman–Crippen LogP) is 0.575. The summed E-state index contributed by atoms with van der Waals surface area (Å²) in [4.78, 5) is 0. The molecule has 0 atom stereocenters. The number of rotatable bonds is 5. The average Bonchev–Trinajstić information content (AvgIpc) is 1.91. The average molecular weight is 150 g/mol. The van der Waals surface area contributed by atoms with E-state index < -0.39 is 0 Å². The molecule has 0 amide bonds. The summed E-state index contributed by atoms with van der Waals surface area (Å²) in [6.07, 6.45) is 6.66. The van der Waals surface area contributed by atoms with Gasteiger partial charge in [0.05, 0.1) is 0 Å². The Morgan fingerprint density at radius 3 is 1.80 bits per heavy atom. The van der Waals surface area contributed by atoms with Crippen LogP contribution in [0.1, 0.15) is 52.9 Å². The molecular weight excluding hydrogens is 131 g/mol. The molecule has 0 nitrogen and oxygen atoms in total. The third kappa shape index (κ3) is 7.11. The summed E-state index contributed by atoms with van der Waals surface area (Å²) in [5, 5.41) is 0. The molecule has 0 bridgehead atoms. The molecule has 10 heavy (non-hydrogen) atoms. The SMILES string of the molecule is CCCC[C-](CC)CC.[Na+]. The molecule has 0 aromatic rings. The Balaban J connectivity index is 0. The molecule has 56 valence electrons. The molecule has 0 heterocycles. The van der Waals surface area contributed by atoms with Crippen LogP contribution in [-0.4, -0.2) is 0 Å². The summed E-state index contributed by atoms with van der Waals surface area (Å²) in [7, 11) is 0.